The number of nitrogens with zero attached hydrogens (tertiary/aromatic N) is 1. The van der Waals surface area contributed by atoms with Crippen molar-refractivity contribution >= 4 is 39.8 Å². The number of nitrogen functional groups attached to an aromatic ring is 1. The van der Waals surface area contributed by atoms with Crippen LogP contribution in [0.3, 0.4) is 0 Å². The Hall–Kier alpha value is -1.03. The minimum Gasteiger partial charge on any atom is -0.323 e. The van der Waals surface area contributed by atoms with Gasteiger partial charge in [-0.25, -0.2) is 0 Å². The van der Waals surface area contributed by atoms with Crippen LogP contribution in [0.2, 0.25) is 10.0 Å². The minimum atomic E-state index is 0.579. The van der Waals surface area contributed by atoms with Gasteiger partial charge in [-0.1, -0.05) is 30.1 Å². The Morgan fingerprint density at radius 1 is 1.29 bits per heavy atom. The number of hydrogen-bond donors (Lipinski definition) is 2. The fourth-order valence-corrected chi connectivity index (χ4v) is 2.41. The third-order valence-electron chi connectivity index (χ3n) is 2.86. The number of hydrazine groups is 1. The summed E-state index contributed by atoms with van der Waals surface area (Å²) in [5, 5.41) is 1.95. The summed E-state index contributed by atoms with van der Waals surface area (Å²) in [4.78, 5) is 4.55. The van der Waals surface area contributed by atoms with Crippen LogP contribution in [0.25, 0.3) is 10.9 Å². The highest BCUT2D eigenvalue weighted by molar-refractivity contribution is 6.40. The second-order valence-electron chi connectivity index (χ2n) is 3.81. The third kappa shape index (κ3) is 1.95. The van der Waals surface area contributed by atoms with E-state index in [1.165, 1.54) is 0 Å². The van der Waals surface area contributed by atoms with Crippen molar-refractivity contribution in [2.24, 2.45) is 5.84 Å². The molecular formula is C12H13Cl2N3. The van der Waals surface area contributed by atoms with Gasteiger partial charge in [-0.05, 0) is 31.0 Å². The molecule has 2 aromatic rings. The number of hydrogen-bond acceptors (Lipinski definition) is 3. The van der Waals surface area contributed by atoms with Gasteiger partial charge in [-0.15, -0.1) is 0 Å². The molecule has 3 N–H and O–H groups in total. The molecule has 0 spiro atoms. The van der Waals surface area contributed by atoms with Gasteiger partial charge in [-0.2, -0.15) is 0 Å². The molecule has 0 aliphatic rings. The van der Waals surface area contributed by atoms with Crippen molar-refractivity contribution in [3.05, 3.63) is 33.4 Å². The molecule has 5 heteroatoms. The molecule has 2 rings (SSSR count). The Kier molecular flexibility index (Phi) is 3.43. The maximum absolute atomic E-state index is 6.19. The summed E-state index contributed by atoms with van der Waals surface area (Å²) in [7, 11) is 0. The molecule has 0 radical (unpaired) electrons. The molecule has 0 saturated carbocycles. The van der Waals surface area contributed by atoms with E-state index in [-0.39, 0.29) is 0 Å². The number of rotatable bonds is 2. The van der Waals surface area contributed by atoms with Crippen LogP contribution in [0, 0.1) is 6.92 Å². The predicted octanol–water partition coefficient (Wildman–Crippen LogP) is 3.70. The van der Waals surface area contributed by atoms with Gasteiger partial charge in [-0.3, -0.25) is 10.8 Å². The first kappa shape index (κ1) is 12.4. The van der Waals surface area contributed by atoms with Crippen molar-refractivity contribution in [3.8, 4) is 0 Å². The molecule has 0 bridgehead atoms. The van der Waals surface area contributed by atoms with Gasteiger partial charge < -0.3 is 5.43 Å². The maximum Gasteiger partial charge on any atom is 0.0927 e. The summed E-state index contributed by atoms with van der Waals surface area (Å²) in [5.74, 6) is 5.58. The molecule has 0 unspecified atom stereocenters. The number of nitrogens with two attached hydrogens (primary N) is 1. The quantitative estimate of drug-likeness (QED) is 0.646. The van der Waals surface area contributed by atoms with Gasteiger partial charge in [0.05, 0.1) is 21.2 Å². The molecule has 90 valence electrons. The smallest absolute Gasteiger partial charge is 0.0927 e. The van der Waals surface area contributed by atoms with E-state index >= 15 is 0 Å². The summed E-state index contributed by atoms with van der Waals surface area (Å²) in [5.41, 5.74) is 6.15. The third-order valence-corrected chi connectivity index (χ3v) is 3.48. The Bertz CT molecular complexity index is 582. The summed E-state index contributed by atoms with van der Waals surface area (Å²) >= 11 is 12.3. The van der Waals surface area contributed by atoms with E-state index in [1.54, 1.807) is 12.1 Å². The highest BCUT2D eigenvalue weighted by Crippen LogP contribution is 2.36. The average molecular weight is 270 g/mol. The highest BCUT2D eigenvalue weighted by Gasteiger charge is 2.14. The summed E-state index contributed by atoms with van der Waals surface area (Å²) in [6, 6.07) is 3.49. The number of aryl methyl sites for hydroxylation is 1. The molecule has 3 nitrogen and oxygen atoms in total. The lowest BCUT2D eigenvalue weighted by molar-refractivity contribution is 1.03. The molecule has 1 heterocycles. The van der Waals surface area contributed by atoms with Gasteiger partial charge in [0.15, 0.2) is 0 Å². The standard InChI is InChI=1S/C12H13Cl2N3/c1-3-9-6(2)11(17-15)10-7(13)4-5-8(14)12(10)16-9/h4-5H,3,15H2,1-2H3,(H,16,17). The fourth-order valence-electron chi connectivity index (χ4n) is 1.96. The molecule has 0 aliphatic carbocycles. The van der Waals surface area contributed by atoms with Gasteiger partial charge in [0, 0.05) is 11.1 Å². The largest absolute Gasteiger partial charge is 0.323 e. The Morgan fingerprint density at radius 3 is 2.53 bits per heavy atom. The lowest BCUT2D eigenvalue weighted by atomic mass is 10.1. The fraction of sp³-hybridized carbons (Fsp3) is 0.250. The molecule has 0 atom stereocenters. The molecule has 0 saturated heterocycles. The van der Waals surface area contributed by atoms with Gasteiger partial charge >= 0.3 is 0 Å². The van der Waals surface area contributed by atoms with E-state index in [0.29, 0.717) is 15.6 Å². The zero-order valence-corrected chi connectivity index (χ0v) is 11.2. The van der Waals surface area contributed by atoms with Crippen molar-refractivity contribution < 1.29 is 0 Å². The number of aromatic nitrogens is 1. The first-order chi connectivity index (χ1) is 8.10. The maximum atomic E-state index is 6.19. The first-order valence-electron chi connectivity index (χ1n) is 5.34. The number of halogens is 2. The van der Waals surface area contributed by atoms with Crippen molar-refractivity contribution in [2.45, 2.75) is 20.3 Å². The van der Waals surface area contributed by atoms with E-state index in [1.807, 2.05) is 13.8 Å². The number of benzene rings is 1. The number of nitrogens with one attached hydrogen (secondary N) is 1. The second-order valence-corrected chi connectivity index (χ2v) is 4.62. The summed E-state index contributed by atoms with van der Waals surface area (Å²) < 4.78 is 0. The number of pyridine rings is 1. The van der Waals surface area contributed by atoms with Crippen molar-refractivity contribution in [3.63, 3.8) is 0 Å². The Morgan fingerprint density at radius 2 is 1.94 bits per heavy atom. The second kappa shape index (κ2) is 4.69. The van der Waals surface area contributed by atoms with Crippen LogP contribution in [-0.2, 0) is 6.42 Å². The van der Waals surface area contributed by atoms with E-state index in [2.05, 4.69) is 10.4 Å². The number of anilines is 1. The minimum absolute atomic E-state index is 0.579. The van der Waals surface area contributed by atoms with Crippen LogP contribution in [0.4, 0.5) is 5.69 Å². The molecule has 1 aromatic carbocycles. The lowest BCUT2D eigenvalue weighted by Crippen LogP contribution is -2.11. The lowest BCUT2D eigenvalue weighted by Gasteiger charge is -2.14. The Labute approximate surface area is 110 Å². The van der Waals surface area contributed by atoms with Crippen LogP contribution in [0.5, 0.6) is 0 Å². The average Bonchev–Trinajstić information content (AvgIpc) is 2.33. The SMILES string of the molecule is CCc1nc2c(Cl)ccc(Cl)c2c(NN)c1C. The van der Waals surface area contributed by atoms with Crippen LogP contribution in [0.15, 0.2) is 12.1 Å². The molecule has 0 amide bonds. The molecule has 17 heavy (non-hydrogen) atoms. The zero-order chi connectivity index (χ0) is 12.6. The van der Waals surface area contributed by atoms with E-state index in [0.717, 1.165) is 28.8 Å². The molecule has 1 aromatic heterocycles. The monoisotopic (exact) mass is 269 g/mol. The number of fused-ring (bicyclic) bond motifs is 1. The zero-order valence-electron chi connectivity index (χ0n) is 9.64. The van der Waals surface area contributed by atoms with E-state index in [9.17, 15) is 0 Å². The summed E-state index contributed by atoms with van der Waals surface area (Å²) in [6.45, 7) is 4.01. The highest BCUT2D eigenvalue weighted by atomic mass is 35.5. The van der Waals surface area contributed by atoms with Crippen molar-refractivity contribution in [2.75, 3.05) is 5.43 Å². The Balaban J connectivity index is 2.97. The molecular weight excluding hydrogens is 257 g/mol. The van der Waals surface area contributed by atoms with Gasteiger partial charge in [0.25, 0.3) is 0 Å². The normalized spacial score (nSPS) is 10.9. The van der Waals surface area contributed by atoms with Gasteiger partial charge in [0.2, 0.25) is 0 Å². The predicted molar refractivity (Wildman–Crippen MR) is 73.7 cm³/mol. The van der Waals surface area contributed by atoms with Gasteiger partial charge in [0.1, 0.15) is 0 Å². The van der Waals surface area contributed by atoms with Crippen molar-refractivity contribution in [1.82, 2.24) is 4.98 Å². The summed E-state index contributed by atoms with van der Waals surface area (Å²) in [6.07, 6.45) is 0.819. The van der Waals surface area contributed by atoms with Crippen molar-refractivity contribution in [1.29, 1.82) is 0 Å². The first-order valence-corrected chi connectivity index (χ1v) is 6.09. The van der Waals surface area contributed by atoms with E-state index < -0.39 is 0 Å². The van der Waals surface area contributed by atoms with Crippen LogP contribution >= 0.6 is 23.2 Å². The van der Waals surface area contributed by atoms with E-state index in [4.69, 9.17) is 29.0 Å². The molecule has 0 aliphatic heterocycles. The van der Waals surface area contributed by atoms with Crippen LogP contribution in [0.1, 0.15) is 18.2 Å². The topological polar surface area (TPSA) is 50.9 Å². The van der Waals surface area contributed by atoms with Crippen LogP contribution in [-0.4, -0.2) is 4.98 Å². The molecule has 0 fully saturated rings. The van der Waals surface area contributed by atoms with Crippen LogP contribution < -0.4 is 11.3 Å².